The van der Waals surface area contributed by atoms with Crippen molar-refractivity contribution in [3.63, 3.8) is 0 Å². The standard InChI is InChI=1S/C5H11NOS/c1-8-3-2-5(6)4-7/h4-5H,2-3,6H2,1H3/t5-/m0/s1/i/hD. The number of thioether (sulfide) groups is 1. The van der Waals surface area contributed by atoms with Crippen molar-refractivity contribution in [1.29, 1.82) is 0 Å². The molecule has 2 N–H and O–H groups in total. The molecule has 0 rings (SSSR count). The normalized spacial score (nSPS) is 14.9. The molecule has 0 amide bonds. The van der Waals surface area contributed by atoms with E-state index in [1.165, 1.54) is 0 Å². The minimum Gasteiger partial charge on any atom is -0.322 e. The number of carbonyl (C=O) groups excluding carboxylic acids is 1. The van der Waals surface area contributed by atoms with Crippen molar-refractivity contribution >= 4 is 18.0 Å². The van der Waals surface area contributed by atoms with Crippen LogP contribution in [-0.4, -0.2) is 24.3 Å². The van der Waals surface area contributed by atoms with Crippen LogP contribution in [0, 0.1) is 0 Å². The van der Waals surface area contributed by atoms with Gasteiger partial charge in [0.1, 0.15) is 7.70 Å². The molecule has 0 aromatic carbocycles. The summed E-state index contributed by atoms with van der Waals surface area (Å²) in [6, 6.07) is -0.280. The van der Waals surface area contributed by atoms with E-state index in [0.717, 1.165) is 18.5 Å². The topological polar surface area (TPSA) is 43.1 Å². The monoisotopic (exact) mass is 134 g/mol. The largest absolute Gasteiger partial charge is 0.322 e. The van der Waals surface area contributed by atoms with Crippen LogP contribution >= 0.6 is 11.8 Å². The zero-order valence-corrected chi connectivity index (χ0v) is 5.70. The van der Waals surface area contributed by atoms with Gasteiger partial charge in [0.2, 0.25) is 0 Å². The fourth-order valence-corrected chi connectivity index (χ4v) is 0.802. The summed E-state index contributed by atoms with van der Waals surface area (Å²) < 4.78 is 6.65. The molecule has 0 aromatic heterocycles. The Morgan fingerprint density at radius 3 is 3.25 bits per heavy atom. The van der Waals surface area contributed by atoms with Crippen molar-refractivity contribution in [2.75, 3.05) is 12.0 Å². The molecule has 0 aliphatic heterocycles. The van der Waals surface area contributed by atoms with Gasteiger partial charge in [0.15, 0.2) is 0 Å². The summed E-state index contributed by atoms with van der Waals surface area (Å²) >= 11 is 1.68. The summed E-state index contributed by atoms with van der Waals surface area (Å²) in [5, 5.41) is 0. The lowest BCUT2D eigenvalue weighted by atomic mass is 10.3. The first kappa shape index (κ1) is 6.11. The van der Waals surface area contributed by atoms with Crippen molar-refractivity contribution < 1.29 is 6.21 Å². The Labute approximate surface area is 55.3 Å². The van der Waals surface area contributed by atoms with E-state index in [2.05, 4.69) is 5.73 Å². The van der Waals surface area contributed by atoms with Crippen LogP contribution in [0.1, 0.15) is 6.42 Å². The van der Waals surface area contributed by atoms with Gasteiger partial charge in [0.25, 0.3) is 0 Å². The van der Waals surface area contributed by atoms with Gasteiger partial charge >= 0.3 is 0 Å². The summed E-state index contributed by atoms with van der Waals surface area (Å²) in [7, 11) is 0. The van der Waals surface area contributed by atoms with Crippen molar-refractivity contribution in [1.82, 2.24) is 0 Å². The maximum Gasteiger partial charge on any atom is 0.136 e. The molecule has 0 bridgehead atoms. The molecule has 0 spiro atoms. The minimum absolute atomic E-state index is 0.280. The quantitative estimate of drug-likeness (QED) is 0.549. The van der Waals surface area contributed by atoms with Crippen molar-refractivity contribution in [3.05, 3.63) is 0 Å². The average molecular weight is 134 g/mol. The molecule has 0 radical (unpaired) electrons. The Morgan fingerprint density at radius 1 is 2.12 bits per heavy atom. The zero-order valence-electron chi connectivity index (χ0n) is 5.89. The number of hydrogen-bond acceptors (Lipinski definition) is 3. The van der Waals surface area contributed by atoms with Gasteiger partial charge in [-0.15, -0.1) is 0 Å². The maximum absolute atomic E-state index is 10.1. The third-order valence-electron chi connectivity index (χ3n) is 0.797. The maximum atomic E-state index is 10.1. The van der Waals surface area contributed by atoms with Crippen LogP contribution in [0.3, 0.4) is 0 Å². The zero-order chi connectivity index (χ0) is 7.11. The highest BCUT2D eigenvalue weighted by Gasteiger charge is 1.95. The lowest BCUT2D eigenvalue weighted by molar-refractivity contribution is -0.108. The van der Waals surface area contributed by atoms with Gasteiger partial charge in [-0.2, -0.15) is 11.8 Å². The second kappa shape index (κ2) is 5.12. The number of aldehydes is 1. The number of carbonyl (C=O) groups is 1. The van der Waals surface area contributed by atoms with Crippen molar-refractivity contribution in [2.24, 2.45) is 5.73 Å². The molecule has 8 heavy (non-hydrogen) atoms. The minimum atomic E-state index is -0.280. The summed E-state index contributed by atoms with van der Waals surface area (Å²) in [6.45, 7) is 0. The van der Waals surface area contributed by atoms with Crippen LogP contribution < -0.4 is 5.73 Å². The van der Waals surface area contributed by atoms with Crippen molar-refractivity contribution in [3.8, 4) is 0 Å². The van der Waals surface area contributed by atoms with Gasteiger partial charge in [0.05, 0.1) is 6.04 Å². The average Bonchev–Trinajstić information content (AvgIpc) is 1.91. The van der Waals surface area contributed by atoms with E-state index in [-0.39, 0.29) is 6.04 Å². The molecule has 0 aliphatic carbocycles. The smallest absolute Gasteiger partial charge is 0.136 e. The van der Waals surface area contributed by atoms with E-state index >= 15 is 0 Å². The van der Waals surface area contributed by atoms with Crippen LogP contribution in [0.25, 0.3) is 0 Å². The van der Waals surface area contributed by atoms with Gasteiger partial charge in [-0.1, -0.05) is 0 Å². The molecule has 0 aliphatic rings. The highest BCUT2D eigenvalue weighted by Crippen LogP contribution is 1.95. The molecule has 48 valence electrons. The molecule has 2 nitrogen and oxygen atoms in total. The van der Waals surface area contributed by atoms with Crippen LogP contribution in [0.4, 0.5) is 0 Å². The summed E-state index contributed by atoms with van der Waals surface area (Å²) in [4.78, 5) is 10.1. The molecule has 1 atom stereocenters. The van der Waals surface area contributed by atoms with Crippen molar-refractivity contribution in [2.45, 2.75) is 12.5 Å². The summed E-state index contributed by atoms with van der Waals surface area (Å²) in [5.74, 6) is 0.926. The number of rotatable bonds is 5. The van der Waals surface area contributed by atoms with Gasteiger partial charge in [-0.25, -0.2) is 0 Å². The lowest BCUT2D eigenvalue weighted by Crippen LogP contribution is -2.21. The highest BCUT2D eigenvalue weighted by atomic mass is 32.2. The summed E-state index contributed by atoms with van der Waals surface area (Å²) in [5.41, 5.74) is 2.16. The molecule has 3 heteroatoms. The first-order chi connectivity index (χ1) is 4.35. The molecule has 0 saturated heterocycles. The van der Waals surface area contributed by atoms with E-state index in [1.54, 1.807) is 11.8 Å². The molecule has 0 saturated carbocycles. The SMILES string of the molecule is [2H]N[C@H](C=O)CCSC. The Bertz CT molecular complexity index is 81.4. The second-order valence-electron chi connectivity index (χ2n) is 1.52. The fraction of sp³-hybridized carbons (Fsp3) is 0.800. The molecule has 0 fully saturated rings. The fourth-order valence-electron chi connectivity index (χ4n) is 0.313. The van der Waals surface area contributed by atoms with E-state index in [9.17, 15) is 4.79 Å². The predicted molar refractivity (Wildman–Crippen MR) is 37.0 cm³/mol. The Balaban J connectivity index is 3.20. The van der Waals surface area contributed by atoms with Crippen LogP contribution in [0.5, 0.6) is 0 Å². The first-order valence-electron chi connectivity index (χ1n) is 2.96. The van der Waals surface area contributed by atoms with Gasteiger partial charge in [-0.05, 0) is 18.4 Å². The molecular formula is C5H11NOS. The van der Waals surface area contributed by atoms with E-state index in [0.29, 0.717) is 0 Å². The van der Waals surface area contributed by atoms with E-state index in [1.807, 2.05) is 6.26 Å². The van der Waals surface area contributed by atoms with Gasteiger partial charge in [0, 0.05) is 0 Å². The molecular weight excluding hydrogens is 122 g/mol. The second-order valence-corrected chi connectivity index (χ2v) is 2.51. The highest BCUT2D eigenvalue weighted by molar-refractivity contribution is 7.98. The third-order valence-corrected chi connectivity index (χ3v) is 1.44. The molecule has 0 heterocycles. The summed E-state index contributed by atoms with van der Waals surface area (Å²) in [6.07, 6.45) is 3.49. The van der Waals surface area contributed by atoms with E-state index in [4.69, 9.17) is 1.41 Å². The van der Waals surface area contributed by atoms with Gasteiger partial charge < -0.3 is 10.5 Å². The lowest BCUT2D eigenvalue weighted by Gasteiger charge is -1.98. The first-order valence-corrected chi connectivity index (χ1v) is 3.86. The number of hydrogen-bond donors (Lipinski definition) is 1. The van der Waals surface area contributed by atoms with Crippen LogP contribution in [-0.2, 0) is 4.79 Å². The van der Waals surface area contributed by atoms with Crippen LogP contribution in [0.2, 0.25) is 1.41 Å². The Kier molecular flexibility index (Phi) is 3.91. The molecule has 0 unspecified atom stereocenters. The third kappa shape index (κ3) is 4.15. The Hall–Kier alpha value is -0.0200. The van der Waals surface area contributed by atoms with E-state index < -0.39 is 0 Å². The Morgan fingerprint density at radius 2 is 2.88 bits per heavy atom. The number of nitrogens with two attached hydrogens (primary N) is 1. The molecule has 0 aromatic rings. The van der Waals surface area contributed by atoms with Crippen LogP contribution in [0.15, 0.2) is 0 Å². The van der Waals surface area contributed by atoms with Gasteiger partial charge in [-0.3, -0.25) is 0 Å². The predicted octanol–water partition coefficient (Wildman–Crippen LogP) is 0.266.